The zero-order chi connectivity index (χ0) is 14.7. The van der Waals surface area contributed by atoms with Crippen molar-refractivity contribution < 1.29 is 4.79 Å². The van der Waals surface area contributed by atoms with E-state index in [0.717, 1.165) is 12.3 Å². The molecule has 1 aromatic heterocycles. The van der Waals surface area contributed by atoms with E-state index < -0.39 is 0 Å². The minimum absolute atomic E-state index is 0.00113. The Balaban J connectivity index is 1.80. The second-order valence-corrected chi connectivity index (χ2v) is 7.41. The molecule has 2 fully saturated rings. The largest absolute Gasteiger partial charge is 0.397 e. The van der Waals surface area contributed by atoms with Gasteiger partial charge in [0.25, 0.3) is 5.91 Å². The molecule has 2 saturated carbocycles. The van der Waals surface area contributed by atoms with Gasteiger partial charge >= 0.3 is 0 Å². The molecule has 110 valence electrons. The Morgan fingerprint density at radius 1 is 1.45 bits per heavy atom. The van der Waals surface area contributed by atoms with Gasteiger partial charge in [-0.15, -0.1) is 0 Å². The fourth-order valence-corrected chi connectivity index (χ4v) is 4.47. The number of carbonyl (C=O) groups is 1. The number of carbonyl (C=O) groups excluding carboxylic acids is 1. The van der Waals surface area contributed by atoms with Crippen molar-refractivity contribution in [2.45, 2.75) is 46.1 Å². The van der Waals surface area contributed by atoms with E-state index in [1.54, 1.807) is 16.8 Å². The van der Waals surface area contributed by atoms with Crippen LogP contribution in [0.25, 0.3) is 0 Å². The minimum atomic E-state index is -0.00113. The summed E-state index contributed by atoms with van der Waals surface area (Å²) in [6, 6.07) is 2.02. The molecular formula is C16H25N3O. The van der Waals surface area contributed by atoms with Crippen LogP contribution >= 0.6 is 0 Å². The van der Waals surface area contributed by atoms with Crippen LogP contribution in [0.2, 0.25) is 0 Å². The monoisotopic (exact) mass is 275 g/mol. The lowest BCUT2D eigenvalue weighted by Crippen LogP contribution is -2.47. The van der Waals surface area contributed by atoms with E-state index >= 15 is 0 Å². The number of nitrogens with zero attached hydrogens (tertiary/aromatic N) is 1. The third kappa shape index (κ3) is 1.63. The van der Waals surface area contributed by atoms with Crippen molar-refractivity contribution in [1.29, 1.82) is 0 Å². The second-order valence-electron chi connectivity index (χ2n) is 7.41. The molecule has 0 spiro atoms. The van der Waals surface area contributed by atoms with Crippen molar-refractivity contribution in [2.75, 3.05) is 5.73 Å². The average Bonchev–Trinajstić information content (AvgIpc) is 2.86. The molecule has 3 N–H and O–H groups in total. The molecular weight excluding hydrogens is 250 g/mol. The first-order chi connectivity index (χ1) is 9.25. The first kappa shape index (κ1) is 13.5. The van der Waals surface area contributed by atoms with Crippen molar-refractivity contribution in [2.24, 2.45) is 23.8 Å². The van der Waals surface area contributed by atoms with E-state index in [1.807, 2.05) is 7.05 Å². The summed E-state index contributed by atoms with van der Waals surface area (Å²) in [5.41, 5.74) is 7.57. The number of anilines is 1. The summed E-state index contributed by atoms with van der Waals surface area (Å²) in [5.74, 6) is 0.732. The van der Waals surface area contributed by atoms with Crippen LogP contribution in [0.1, 0.15) is 50.5 Å². The summed E-state index contributed by atoms with van der Waals surface area (Å²) in [4.78, 5) is 12.5. The summed E-state index contributed by atoms with van der Waals surface area (Å²) in [6.45, 7) is 7.05. The molecule has 0 aromatic carbocycles. The lowest BCUT2D eigenvalue weighted by Gasteiger charge is -2.39. The quantitative estimate of drug-likeness (QED) is 0.871. The predicted molar refractivity (Wildman–Crippen MR) is 80.3 cm³/mol. The maximum Gasteiger partial charge on any atom is 0.268 e. The van der Waals surface area contributed by atoms with Crippen molar-refractivity contribution in [3.05, 3.63) is 18.0 Å². The van der Waals surface area contributed by atoms with E-state index in [0.29, 0.717) is 16.8 Å². The van der Waals surface area contributed by atoms with Crippen LogP contribution < -0.4 is 11.1 Å². The number of nitrogens with one attached hydrogen (secondary N) is 1. The van der Waals surface area contributed by atoms with Gasteiger partial charge in [-0.2, -0.15) is 0 Å². The van der Waals surface area contributed by atoms with E-state index in [9.17, 15) is 4.79 Å². The molecule has 2 bridgehead atoms. The number of aromatic nitrogens is 1. The number of hydrogen-bond acceptors (Lipinski definition) is 2. The molecule has 4 heteroatoms. The molecule has 2 aliphatic carbocycles. The standard InChI is InChI=1S/C16H25N3O/c1-15(2)10-5-6-16(15,3)13(7-10)18-14(20)12-8-11(17)9-19(12)4/h8-10,13H,5-7,17H2,1-4H3,(H,18,20). The van der Waals surface area contributed by atoms with Crippen LogP contribution in [0, 0.1) is 16.7 Å². The summed E-state index contributed by atoms with van der Waals surface area (Å²) in [5, 5.41) is 3.26. The van der Waals surface area contributed by atoms with Gasteiger partial charge in [-0.1, -0.05) is 20.8 Å². The Bertz CT molecular complexity index is 560. The molecule has 2 aliphatic rings. The highest BCUT2D eigenvalue weighted by molar-refractivity contribution is 5.94. The Morgan fingerprint density at radius 3 is 2.60 bits per heavy atom. The molecule has 3 rings (SSSR count). The van der Waals surface area contributed by atoms with E-state index in [4.69, 9.17) is 5.73 Å². The van der Waals surface area contributed by atoms with Gasteiger partial charge in [0, 0.05) is 19.3 Å². The smallest absolute Gasteiger partial charge is 0.268 e. The lowest BCUT2D eigenvalue weighted by atomic mass is 9.69. The summed E-state index contributed by atoms with van der Waals surface area (Å²) >= 11 is 0. The normalized spacial score (nSPS) is 34.4. The number of nitrogens with two attached hydrogens (primary N) is 1. The van der Waals surface area contributed by atoms with Gasteiger partial charge in [0.05, 0.1) is 5.69 Å². The molecule has 1 amide bonds. The molecule has 3 atom stereocenters. The number of fused-ring (bicyclic) bond motifs is 2. The van der Waals surface area contributed by atoms with Crippen LogP contribution in [0.5, 0.6) is 0 Å². The fraction of sp³-hybridized carbons (Fsp3) is 0.688. The molecule has 1 heterocycles. The Morgan fingerprint density at radius 2 is 2.15 bits per heavy atom. The lowest BCUT2D eigenvalue weighted by molar-refractivity contribution is 0.0818. The molecule has 0 aliphatic heterocycles. The number of rotatable bonds is 2. The van der Waals surface area contributed by atoms with Gasteiger partial charge in [0.1, 0.15) is 5.69 Å². The number of nitrogen functional groups attached to an aromatic ring is 1. The third-order valence-corrected chi connectivity index (χ3v) is 6.36. The van der Waals surface area contributed by atoms with Gasteiger partial charge in [-0.3, -0.25) is 4.79 Å². The van der Waals surface area contributed by atoms with Crippen molar-refractivity contribution in [3.8, 4) is 0 Å². The molecule has 3 unspecified atom stereocenters. The molecule has 0 saturated heterocycles. The highest BCUT2D eigenvalue weighted by Crippen LogP contribution is 2.65. The van der Waals surface area contributed by atoms with Crippen molar-refractivity contribution in [3.63, 3.8) is 0 Å². The van der Waals surface area contributed by atoms with Crippen molar-refractivity contribution in [1.82, 2.24) is 9.88 Å². The highest BCUT2D eigenvalue weighted by atomic mass is 16.2. The van der Waals surface area contributed by atoms with E-state index in [2.05, 4.69) is 26.1 Å². The SMILES string of the molecule is Cn1cc(N)cc1C(=O)NC1CC2CCC1(C)C2(C)C. The number of aryl methyl sites for hydroxylation is 1. The number of hydrogen-bond donors (Lipinski definition) is 2. The van der Waals surface area contributed by atoms with Crippen molar-refractivity contribution >= 4 is 11.6 Å². The minimum Gasteiger partial charge on any atom is -0.397 e. The van der Waals surface area contributed by atoms with Crippen LogP contribution in [-0.4, -0.2) is 16.5 Å². The molecule has 4 nitrogen and oxygen atoms in total. The molecule has 20 heavy (non-hydrogen) atoms. The average molecular weight is 275 g/mol. The van der Waals surface area contributed by atoms with Crippen LogP contribution in [0.15, 0.2) is 12.3 Å². The zero-order valence-corrected chi connectivity index (χ0v) is 12.9. The fourth-order valence-electron chi connectivity index (χ4n) is 4.47. The Kier molecular flexibility index (Phi) is 2.72. The Labute approximate surface area is 120 Å². The number of amides is 1. The maximum absolute atomic E-state index is 12.5. The van der Waals surface area contributed by atoms with Gasteiger partial charge in [0.15, 0.2) is 0 Å². The first-order valence-corrected chi connectivity index (χ1v) is 7.48. The summed E-state index contributed by atoms with van der Waals surface area (Å²) < 4.78 is 1.80. The highest BCUT2D eigenvalue weighted by Gasteiger charge is 2.61. The van der Waals surface area contributed by atoms with Gasteiger partial charge in [-0.25, -0.2) is 0 Å². The second kappa shape index (κ2) is 4.03. The van der Waals surface area contributed by atoms with Gasteiger partial charge < -0.3 is 15.6 Å². The molecule has 1 aromatic rings. The topological polar surface area (TPSA) is 60.0 Å². The zero-order valence-electron chi connectivity index (χ0n) is 12.9. The van der Waals surface area contributed by atoms with E-state index in [1.165, 1.54) is 12.8 Å². The predicted octanol–water partition coefficient (Wildman–Crippen LogP) is 2.55. The third-order valence-electron chi connectivity index (χ3n) is 6.36. The summed E-state index contributed by atoms with van der Waals surface area (Å²) in [6.07, 6.45) is 5.40. The first-order valence-electron chi connectivity index (χ1n) is 7.48. The van der Waals surface area contributed by atoms with Crippen LogP contribution in [0.4, 0.5) is 5.69 Å². The van der Waals surface area contributed by atoms with Crippen LogP contribution in [0.3, 0.4) is 0 Å². The van der Waals surface area contributed by atoms with Gasteiger partial charge in [-0.05, 0) is 42.1 Å². The Hall–Kier alpha value is -1.45. The maximum atomic E-state index is 12.5. The molecule has 0 radical (unpaired) electrons. The van der Waals surface area contributed by atoms with E-state index in [-0.39, 0.29) is 17.4 Å². The van der Waals surface area contributed by atoms with Crippen LogP contribution in [-0.2, 0) is 7.05 Å². The van der Waals surface area contributed by atoms with Gasteiger partial charge in [0.2, 0.25) is 0 Å². The summed E-state index contributed by atoms with van der Waals surface area (Å²) in [7, 11) is 1.86.